The molecule has 0 spiro atoms. The molecule has 164 valence electrons. The minimum absolute atomic E-state index is 0.0790. The molecule has 0 aromatic carbocycles. The van der Waals surface area contributed by atoms with Gasteiger partial charge in [-0.2, -0.15) is 5.10 Å². The van der Waals surface area contributed by atoms with Gasteiger partial charge in [-0.15, -0.1) is 0 Å². The summed E-state index contributed by atoms with van der Waals surface area (Å²) in [6.45, 7) is 13.5. The second kappa shape index (κ2) is 11.4. The van der Waals surface area contributed by atoms with E-state index in [1.54, 1.807) is 0 Å². The van der Waals surface area contributed by atoms with Crippen molar-refractivity contribution in [3.63, 3.8) is 0 Å². The van der Waals surface area contributed by atoms with Crippen LogP contribution in [0.25, 0.3) is 0 Å². The van der Waals surface area contributed by atoms with Gasteiger partial charge in [-0.3, -0.25) is 14.3 Å². The molecule has 0 radical (unpaired) electrons. The number of amides is 2. The van der Waals surface area contributed by atoms with Gasteiger partial charge >= 0.3 is 0 Å². The number of aryl methyl sites for hydroxylation is 1. The van der Waals surface area contributed by atoms with Crippen molar-refractivity contribution in [2.75, 3.05) is 19.6 Å². The topological polar surface area (TPSA) is 67.2 Å². The Morgan fingerprint density at radius 1 is 1.21 bits per heavy atom. The zero-order chi connectivity index (χ0) is 21.4. The molecule has 1 aromatic rings. The molecule has 6 heteroatoms. The van der Waals surface area contributed by atoms with Crippen molar-refractivity contribution in [1.82, 2.24) is 20.0 Å². The van der Waals surface area contributed by atoms with Gasteiger partial charge in [0.25, 0.3) is 0 Å². The lowest BCUT2D eigenvalue weighted by atomic mass is 9.96. The summed E-state index contributed by atoms with van der Waals surface area (Å²) in [5.74, 6) is 0.654. The highest BCUT2D eigenvalue weighted by Crippen LogP contribution is 2.20. The highest BCUT2D eigenvalue weighted by atomic mass is 16.2. The van der Waals surface area contributed by atoms with Crippen LogP contribution < -0.4 is 5.32 Å². The van der Waals surface area contributed by atoms with Crippen LogP contribution in [-0.4, -0.2) is 46.1 Å². The SMILES string of the molecule is CCCCCCNC(=O)C1CCCN(C(=O)Cc2c(C)nn(CC(C)C)c2C)C1. The van der Waals surface area contributed by atoms with E-state index in [-0.39, 0.29) is 17.7 Å². The van der Waals surface area contributed by atoms with E-state index >= 15 is 0 Å². The molecule has 0 aliphatic carbocycles. The highest BCUT2D eigenvalue weighted by Gasteiger charge is 2.29. The first kappa shape index (κ1) is 23.4. The van der Waals surface area contributed by atoms with Gasteiger partial charge in [-0.05, 0) is 39.0 Å². The van der Waals surface area contributed by atoms with Crippen LogP contribution in [0.1, 0.15) is 76.2 Å². The van der Waals surface area contributed by atoms with Gasteiger partial charge in [-0.25, -0.2) is 0 Å². The third-order valence-electron chi connectivity index (χ3n) is 5.87. The third kappa shape index (κ3) is 6.86. The highest BCUT2D eigenvalue weighted by molar-refractivity contribution is 5.82. The summed E-state index contributed by atoms with van der Waals surface area (Å²) in [6.07, 6.45) is 6.75. The summed E-state index contributed by atoms with van der Waals surface area (Å²) in [5.41, 5.74) is 3.07. The zero-order valence-electron chi connectivity index (χ0n) is 19.1. The molecule has 1 N–H and O–H groups in total. The molecule has 2 heterocycles. The molecule has 1 aliphatic rings. The molecule has 1 aromatic heterocycles. The van der Waals surface area contributed by atoms with E-state index in [9.17, 15) is 9.59 Å². The van der Waals surface area contributed by atoms with Gasteiger partial charge in [0, 0.05) is 37.4 Å². The van der Waals surface area contributed by atoms with Crippen molar-refractivity contribution in [1.29, 1.82) is 0 Å². The Labute approximate surface area is 176 Å². The fourth-order valence-corrected chi connectivity index (χ4v) is 4.10. The molecule has 2 amide bonds. The Balaban J connectivity index is 1.89. The quantitative estimate of drug-likeness (QED) is 0.606. The third-order valence-corrected chi connectivity index (χ3v) is 5.87. The van der Waals surface area contributed by atoms with Gasteiger partial charge in [0.15, 0.2) is 0 Å². The molecule has 1 aliphatic heterocycles. The Kier molecular flexibility index (Phi) is 9.18. The normalized spacial score (nSPS) is 17.0. The molecular weight excluding hydrogens is 364 g/mol. The number of nitrogens with one attached hydrogen (secondary N) is 1. The van der Waals surface area contributed by atoms with E-state index < -0.39 is 0 Å². The summed E-state index contributed by atoms with van der Waals surface area (Å²) < 4.78 is 2.02. The van der Waals surface area contributed by atoms with Crippen molar-refractivity contribution >= 4 is 11.8 Å². The first-order chi connectivity index (χ1) is 13.8. The average molecular weight is 405 g/mol. The maximum absolute atomic E-state index is 13.0. The summed E-state index contributed by atoms with van der Waals surface area (Å²) in [5, 5.41) is 7.70. The second-order valence-corrected chi connectivity index (χ2v) is 8.93. The monoisotopic (exact) mass is 404 g/mol. The van der Waals surface area contributed by atoms with Crippen LogP contribution in [0.15, 0.2) is 0 Å². The van der Waals surface area contributed by atoms with Crippen LogP contribution >= 0.6 is 0 Å². The number of piperidine rings is 1. The minimum atomic E-state index is -0.0790. The van der Waals surface area contributed by atoms with Crippen molar-refractivity contribution in [3.05, 3.63) is 17.0 Å². The van der Waals surface area contributed by atoms with E-state index in [1.165, 1.54) is 12.8 Å². The summed E-state index contributed by atoms with van der Waals surface area (Å²) >= 11 is 0. The maximum atomic E-state index is 13.0. The Morgan fingerprint density at radius 2 is 1.97 bits per heavy atom. The largest absolute Gasteiger partial charge is 0.356 e. The minimum Gasteiger partial charge on any atom is -0.356 e. The first-order valence-corrected chi connectivity index (χ1v) is 11.4. The van der Waals surface area contributed by atoms with Gasteiger partial charge in [0.1, 0.15) is 0 Å². The lowest BCUT2D eigenvalue weighted by molar-refractivity contribution is -0.135. The summed E-state index contributed by atoms with van der Waals surface area (Å²) in [6, 6.07) is 0. The predicted octanol–water partition coefficient (Wildman–Crippen LogP) is 3.63. The van der Waals surface area contributed by atoms with Gasteiger partial charge in [0.2, 0.25) is 11.8 Å². The predicted molar refractivity (Wildman–Crippen MR) is 117 cm³/mol. The number of nitrogens with zero attached hydrogens (tertiary/aromatic N) is 3. The molecular formula is C23H40N4O2. The fourth-order valence-electron chi connectivity index (χ4n) is 4.10. The number of carbonyl (C=O) groups is 2. The van der Waals surface area contributed by atoms with Crippen molar-refractivity contribution in [2.45, 2.75) is 86.1 Å². The van der Waals surface area contributed by atoms with Crippen molar-refractivity contribution < 1.29 is 9.59 Å². The van der Waals surface area contributed by atoms with Crippen LogP contribution in [-0.2, 0) is 22.6 Å². The number of likely N-dealkylation sites (tertiary alicyclic amines) is 1. The van der Waals surface area contributed by atoms with Crippen LogP contribution in [0.4, 0.5) is 0 Å². The van der Waals surface area contributed by atoms with E-state index in [1.807, 2.05) is 16.5 Å². The fraction of sp³-hybridized carbons (Fsp3) is 0.783. The summed E-state index contributed by atoms with van der Waals surface area (Å²) in [4.78, 5) is 27.3. The number of carbonyl (C=O) groups excluding carboxylic acids is 2. The first-order valence-electron chi connectivity index (χ1n) is 11.4. The maximum Gasteiger partial charge on any atom is 0.227 e. The van der Waals surface area contributed by atoms with Crippen LogP contribution in [0.3, 0.4) is 0 Å². The number of aromatic nitrogens is 2. The Hall–Kier alpha value is -1.85. The number of rotatable bonds is 10. The molecule has 1 atom stereocenters. The van der Waals surface area contributed by atoms with E-state index in [2.05, 4.69) is 38.1 Å². The van der Waals surface area contributed by atoms with E-state index in [0.29, 0.717) is 18.9 Å². The van der Waals surface area contributed by atoms with E-state index in [4.69, 9.17) is 0 Å². The molecule has 29 heavy (non-hydrogen) atoms. The summed E-state index contributed by atoms with van der Waals surface area (Å²) in [7, 11) is 0. The van der Waals surface area contributed by atoms with Crippen molar-refractivity contribution in [2.24, 2.45) is 11.8 Å². The smallest absolute Gasteiger partial charge is 0.227 e. The molecule has 6 nitrogen and oxygen atoms in total. The average Bonchev–Trinajstić information content (AvgIpc) is 2.94. The lowest BCUT2D eigenvalue weighted by Gasteiger charge is -2.32. The van der Waals surface area contributed by atoms with Gasteiger partial charge < -0.3 is 10.2 Å². The van der Waals surface area contributed by atoms with Gasteiger partial charge in [-0.1, -0.05) is 40.0 Å². The molecule has 0 bridgehead atoms. The van der Waals surface area contributed by atoms with Crippen LogP contribution in [0, 0.1) is 25.7 Å². The lowest BCUT2D eigenvalue weighted by Crippen LogP contribution is -2.46. The standard InChI is InChI=1S/C23H40N4O2/c1-6-7-8-9-12-24-23(29)20-11-10-13-26(16-20)22(28)14-21-18(4)25-27(19(21)5)15-17(2)3/h17,20H,6-16H2,1-5H3,(H,24,29). The van der Waals surface area contributed by atoms with E-state index in [0.717, 1.165) is 62.3 Å². The molecule has 1 fully saturated rings. The molecule has 1 unspecified atom stereocenters. The molecule has 1 saturated heterocycles. The molecule has 2 rings (SSSR count). The Morgan fingerprint density at radius 3 is 2.66 bits per heavy atom. The van der Waals surface area contributed by atoms with Gasteiger partial charge in [0.05, 0.1) is 18.0 Å². The van der Waals surface area contributed by atoms with Crippen LogP contribution in [0.2, 0.25) is 0 Å². The number of unbranched alkanes of at least 4 members (excludes halogenated alkanes) is 3. The zero-order valence-corrected chi connectivity index (χ0v) is 19.1. The number of hydrogen-bond acceptors (Lipinski definition) is 3. The van der Waals surface area contributed by atoms with Crippen LogP contribution in [0.5, 0.6) is 0 Å². The number of hydrogen-bond donors (Lipinski definition) is 1. The van der Waals surface area contributed by atoms with Crippen molar-refractivity contribution in [3.8, 4) is 0 Å². The Bertz CT molecular complexity index is 681. The second-order valence-electron chi connectivity index (χ2n) is 8.93. The molecule has 0 saturated carbocycles.